The molecule has 0 unspecified atom stereocenters. The van der Waals surface area contributed by atoms with Crippen LogP contribution in [-0.4, -0.2) is 0 Å². The molecule has 2 aromatic rings. The van der Waals surface area contributed by atoms with E-state index in [4.69, 9.17) is 10.5 Å². The van der Waals surface area contributed by atoms with Crippen molar-refractivity contribution in [3.8, 4) is 5.75 Å². The summed E-state index contributed by atoms with van der Waals surface area (Å²) in [4.78, 5) is 0. The third-order valence-corrected chi connectivity index (χ3v) is 2.69. The first kappa shape index (κ1) is 11.7. The van der Waals surface area contributed by atoms with Crippen LogP contribution in [0, 0.1) is 6.92 Å². The number of rotatable bonds is 4. The van der Waals surface area contributed by atoms with E-state index in [-0.39, 0.29) is 0 Å². The molecule has 2 rings (SSSR count). The molecule has 0 saturated heterocycles. The third-order valence-electron chi connectivity index (χ3n) is 2.69. The van der Waals surface area contributed by atoms with Crippen molar-refractivity contribution in [1.82, 2.24) is 0 Å². The Morgan fingerprint density at radius 3 is 2.06 bits per heavy atom. The second kappa shape index (κ2) is 5.51. The van der Waals surface area contributed by atoms with Crippen molar-refractivity contribution in [3.63, 3.8) is 0 Å². The number of ether oxygens (including phenoxy) is 1. The Bertz CT molecular complexity index is 459. The summed E-state index contributed by atoms with van der Waals surface area (Å²) in [5.74, 6) is 0.901. The van der Waals surface area contributed by atoms with Gasteiger partial charge in [-0.3, -0.25) is 0 Å². The SMILES string of the molecule is Cc1ccc(OCc2ccc(CN)cc2)cc1. The van der Waals surface area contributed by atoms with Crippen molar-refractivity contribution in [2.45, 2.75) is 20.1 Å². The van der Waals surface area contributed by atoms with Crippen LogP contribution in [0.1, 0.15) is 16.7 Å². The molecule has 0 spiro atoms. The number of hydrogen-bond acceptors (Lipinski definition) is 2. The fourth-order valence-corrected chi connectivity index (χ4v) is 1.57. The zero-order chi connectivity index (χ0) is 12.1. The molecule has 2 heteroatoms. The molecule has 0 aromatic heterocycles. The maximum absolute atomic E-state index is 5.69. The minimum Gasteiger partial charge on any atom is -0.489 e. The number of nitrogens with two attached hydrogens (primary N) is 1. The van der Waals surface area contributed by atoms with Gasteiger partial charge in [0, 0.05) is 6.54 Å². The molecule has 0 fully saturated rings. The lowest BCUT2D eigenvalue weighted by molar-refractivity contribution is 0.306. The van der Waals surface area contributed by atoms with Gasteiger partial charge in [0.2, 0.25) is 0 Å². The second-order valence-electron chi connectivity index (χ2n) is 4.12. The van der Waals surface area contributed by atoms with Crippen LogP contribution in [0.25, 0.3) is 0 Å². The van der Waals surface area contributed by atoms with Crippen LogP contribution in [0.2, 0.25) is 0 Å². The molecule has 0 aliphatic carbocycles. The van der Waals surface area contributed by atoms with Gasteiger partial charge < -0.3 is 10.5 Å². The first-order chi connectivity index (χ1) is 8.28. The van der Waals surface area contributed by atoms with Gasteiger partial charge in [0.05, 0.1) is 0 Å². The summed E-state index contributed by atoms with van der Waals surface area (Å²) < 4.78 is 5.69. The number of aryl methyl sites for hydroxylation is 1. The predicted molar refractivity (Wildman–Crippen MR) is 69.8 cm³/mol. The second-order valence-corrected chi connectivity index (χ2v) is 4.12. The summed E-state index contributed by atoms with van der Waals surface area (Å²) in [5, 5.41) is 0. The van der Waals surface area contributed by atoms with Gasteiger partial charge in [-0.2, -0.15) is 0 Å². The number of benzene rings is 2. The van der Waals surface area contributed by atoms with E-state index >= 15 is 0 Å². The van der Waals surface area contributed by atoms with E-state index in [1.54, 1.807) is 0 Å². The topological polar surface area (TPSA) is 35.2 Å². The molecular weight excluding hydrogens is 210 g/mol. The fourth-order valence-electron chi connectivity index (χ4n) is 1.57. The van der Waals surface area contributed by atoms with Crippen LogP contribution in [0.3, 0.4) is 0 Å². The first-order valence-corrected chi connectivity index (χ1v) is 5.75. The molecule has 2 aromatic carbocycles. The van der Waals surface area contributed by atoms with Gasteiger partial charge >= 0.3 is 0 Å². The Hall–Kier alpha value is -1.80. The van der Waals surface area contributed by atoms with Crippen molar-refractivity contribution >= 4 is 0 Å². The molecule has 17 heavy (non-hydrogen) atoms. The molecule has 88 valence electrons. The highest BCUT2D eigenvalue weighted by Gasteiger charge is 1.96. The average molecular weight is 227 g/mol. The van der Waals surface area contributed by atoms with Gasteiger partial charge in [-0.25, -0.2) is 0 Å². The lowest BCUT2D eigenvalue weighted by Gasteiger charge is -2.07. The quantitative estimate of drug-likeness (QED) is 0.871. The summed E-state index contributed by atoms with van der Waals surface area (Å²) in [5.41, 5.74) is 9.09. The van der Waals surface area contributed by atoms with Crippen LogP contribution in [0.5, 0.6) is 5.75 Å². The van der Waals surface area contributed by atoms with Crippen molar-refractivity contribution in [2.75, 3.05) is 0 Å². The molecular formula is C15H17NO. The Balaban J connectivity index is 1.95. The Morgan fingerprint density at radius 1 is 0.882 bits per heavy atom. The lowest BCUT2D eigenvalue weighted by Crippen LogP contribution is -1.98. The molecule has 0 amide bonds. The van der Waals surface area contributed by atoms with Crippen LogP contribution >= 0.6 is 0 Å². The summed E-state index contributed by atoms with van der Waals surface area (Å²) >= 11 is 0. The van der Waals surface area contributed by atoms with E-state index in [1.165, 1.54) is 5.56 Å². The van der Waals surface area contributed by atoms with Gasteiger partial charge in [0.15, 0.2) is 0 Å². The predicted octanol–water partition coefficient (Wildman–Crippen LogP) is 3.03. The Kier molecular flexibility index (Phi) is 3.78. The van der Waals surface area contributed by atoms with Crippen LogP contribution in [-0.2, 0) is 13.2 Å². The molecule has 0 radical (unpaired) electrons. The number of hydrogen-bond donors (Lipinski definition) is 1. The van der Waals surface area contributed by atoms with Gasteiger partial charge in [-0.05, 0) is 30.2 Å². The van der Waals surface area contributed by atoms with Gasteiger partial charge in [-0.15, -0.1) is 0 Å². The standard InChI is InChI=1S/C15H17NO/c1-12-2-8-15(9-3-12)17-11-14-6-4-13(10-16)5-7-14/h2-9H,10-11,16H2,1H3. The van der Waals surface area contributed by atoms with Crippen molar-refractivity contribution in [3.05, 3.63) is 65.2 Å². The average Bonchev–Trinajstić information content (AvgIpc) is 2.39. The Morgan fingerprint density at radius 2 is 1.47 bits per heavy atom. The fraction of sp³-hybridized carbons (Fsp3) is 0.200. The minimum absolute atomic E-state index is 0.582. The summed E-state index contributed by atoms with van der Waals surface area (Å²) in [6, 6.07) is 16.3. The van der Waals surface area contributed by atoms with E-state index in [9.17, 15) is 0 Å². The molecule has 0 atom stereocenters. The van der Waals surface area contributed by atoms with Crippen molar-refractivity contribution in [1.29, 1.82) is 0 Å². The highest BCUT2D eigenvalue weighted by Crippen LogP contribution is 2.14. The first-order valence-electron chi connectivity index (χ1n) is 5.75. The van der Waals surface area contributed by atoms with E-state index in [0.717, 1.165) is 16.9 Å². The zero-order valence-electron chi connectivity index (χ0n) is 10.0. The largest absolute Gasteiger partial charge is 0.489 e. The van der Waals surface area contributed by atoms with Crippen LogP contribution in [0.4, 0.5) is 0 Å². The van der Waals surface area contributed by atoms with Crippen molar-refractivity contribution in [2.24, 2.45) is 5.73 Å². The van der Waals surface area contributed by atoms with Crippen LogP contribution < -0.4 is 10.5 Å². The highest BCUT2D eigenvalue weighted by atomic mass is 16.5. The Labute approximate surface area is 102 Å². The van der Waals surface area contributed by atoms with E-state index in [0.29, 0.717) is 13.2 Å². The molecule has 2 N–H and O–H groups in total. The molecule has 2 nitrogen and oxygen atoms in total. The van der Waals surface area contributed by atoms with E-state index in [2.05, 4.69) is 19.1 Å². The summed E-state index contributed by atoms with van der Waals surface area (Å²) in [7, 11) is 0. The normalized spacial score (nSPS) is 10.2. The van der Waals surface area contributed by atoms with E-state index in [1.807, 2.05) is 36.4 Å². The lowest BCUT2D eigenvalue weighted by atomic mass is 10.1. The zero-order valence-corrected chi connectivity index (χ0v) is 10.0. The third kappa shape index (κ3) is 3.33. The van der Waals surface area contributed by atoms with E-state index < -0.39 is 0 Å². The highest BCUT2D eigenvalue weighted by molar-refractivity contribution is 5.27. The molecule has 0 aliphatic heterocycles. The van der Waals surface area contributed by atoms with Gasteiger partial charge in [0.1, 0.15) is 12.4 Å². The van der Waals surface area contributed by atoms with Crippen molar-refractivity contribution < 1.29 is 4.74 Å². The van der Waals surface area contributed by atoms with Gasteiger partial charge in [0.25, 0.3) is 0 Å². The maximum Gasteiger partial charge on any atom is 0.119 e. The summed E-state index contributed by atoms with van der Waals surface area (Å²) in [6.07, 6.45) is 0. The molecule has 0 bridgehead atoms. The minimum atomic E-state index is 0.582. The van der Waals surface area contributed by atoms with Gasteiger partial charge in [-0.1, -0.05) is 42.0 Å². The molecule has 0 aliphatic rings. The smallest absolute Gasteiger partial charge is 0.119 e. The monoisotopic (exact) mass is 227 g/mol. The molecule has 0 heterocycles. The molecule has 0 saturated carbocycles. The summed E-state index contributed by atoms with van der Waals surface area (Å²) in [6.45, 7) is 3.24. The maximum atomic E-state index is 5.69. The van der Waals surface area contributed by atoms with Crippen LogP contribution in [0.15, 0.2) is 48.5 Å².